The van der Waals surface area contributed by atoms with E-state index in [1.54, 1.807) is 0 Å². The van der Waals surface area contributed by atoms with Crippen molar-refractivity contribution in [2.75, 3.05) is 0 Å². The summed E-state index contributed by atoms with van der Waals surface area (Å²) in [6.45, 7) is 0. The van der Waals surface area contributed by atoms with Crippen molar-refractivity contribution in [2.24, 2.45) is 5.41 Å². The number of nitriles is 2. The molecule has 0 unspecified atom stereocenters. The van der Waals surface area contributed by atoms with E-state index in [1.165, 1.54) is 0 Å². The summed E-state index contributed by atoms with van der Waals surface area (Å²) in [5.74, 6) is 5.01. The molecule has 2 nitrogen and oxygen atoms in total. The Hall–Kier alpha value is -1.90. The van der Waals surface area contributed by atoms with E-state index in [4.69, 9.17) is 23.4 Å². The Balaban J connectivity index is 4.24. The quantitative estimate of drug-likeness (QED) is 0.486. The van der Waals surface area contributed by atoms with Gasteiger partial charge in [-0.2, -0.15) is 10.5 Å². The largest absolute Gasteiger partial charge is 0.197 e. The zero-order valence-electron chi connectivity index (χ0n) is 8.79. The molecule has 76 valence electrons. The molecule has 0 rings (SSSR count). The highest BCUT2D eigenvalue weighted by molar-refractivity contribution is 5.13. The van der Waals surface area contributed by atoms with Crippen molar-refractivity contribution in [3.05, 3.63) is 0 Å². The van der Waals surface area contributed by atoms with Crippen LogP contribution in [0.25, 0.3) is 0 Å². The van der Waals surface area contributed by atoms with Crippen molar-refractivity contribution in [2.45, 2.75) is 38.5 Å². The highest BCUT2D eigenvalue weighted by atomic mass is 14.4. The molecule has 0 fully saturated rings. The lowest BCUT2D eigenvalue weighted by Crippen LogP contribution is -2.15. The van der Waals surface area contributed by atoms with Gasteiger partial charge in [0.15, 0.2) is 0 Å². The molecule has 0 atom stereocenters. The number of rotatable bonds is 6. The molecule has 0 N–H and O–H groups in total. The van der Waals surface area contributed by atoms with Gasteiger partial charge in [0.2, 0.25) is 0 Å². The van der Waals surface area contributed by atoms with E-state index < -0.39 is 5.41 Å². The zero-order chi connectivity index (χ0) is 11.6. The minimum atomic E-state index is -0.895. The van der Waals surface area contributed by atoms with Gasteiger partial charge in [0.25, 0.3) is 0 Å². The van der Waals surface area contributed by atoms with E-state index in [1.807, 2.05) is 0 Å². The highest BCUT2D eigenvalue weighted by Gasteiger charge is 2.28. The lowest BCUT2D eigenvalue weighted by Gasteiger charge is -2.16. The molecule has 0 spiro atoms. The third kappa shape index (κ3) is 4.76. The standard InChI is InChI=1S/C13H14N2/c1-3-5-7-9-13(11-14,12-15)10-8-6-4-2/h1-2H,5-10H2. The predicted octanol–water partition coefficient (Wildman–Crippen LogP) is 2.63. The van der Waals surface area contributed by atoms with Crippen LogP contribution in [-0.4, -0.2) is 0 Å². The molecule has 0 aromatic carbocycles. The van der Waals surface area contributed by atoms with Crippen LogP contribution in [0.15, 0.2) is 0 Å². The average molecular weight is 198 g/mol. The fourth-order valence-corrected chi connectivity index (χ4v) is 1.36. The first kappa shape index (κ1) is 13.1. The van der Waals surface area contributed by atoms with Crippen molar-refractivity contribution in [3.8, 4) is 36.8 Å². The summed E-state index contributed by atoms with van der Waals surface area (Å²) in [5.41, 5.74) is -0.895. The Morgan fingerprint density at radius 1 is 0.867 bits per heavy atom. The molecule has 0 aliphatic rings. The van der Waals surface area contributed by atoms with Crippen LogP contribution in [-0.2, 0) is 0 Å². The van der Waals surface area contributed by atoms with E-state index >= 15 is 0 Å². The summed E-state index contributed by atoms with van der Waals surface area (Å²) < 4.78 is 0. The van der Waals surface area contributed by atoms with Crippen LogP contribution in [0.2, 0.25) is 0 Å². The minimum absolute atomic E-state index is 0.536. The van der Waals surface area contributed by atoms with Gasteiger partial charge in [-0.25, -0.2) is 0 Å². The van der Waals surface area contributed by atoms with Gasteiger partial charge in [-0.3, -0.25) is 0 Å². The molecular formula is C13H14N2. The Morgan fingerprint density at radius 2 is 1.27 bits per heavy atom. The van der Waals surface area contributed by atoms with Crippen LogP contribution < -0.4 is 0 Å². The molecule has 2 heteroatoms. The van der Waals surface area contributed by atoms with E-state index in [0.717, 1.165) is 0 Å². The van der Waals surface area contributed by atoms with Gasteiger partial charge < -0.3 is 0 Å². The fraction of sp³-hybridized carbons (Fsp3) is 0.538. The van der Waals surface area contributed by atoms with Crippen LogP contribution in [0, 0.1) is 52.8 Å². The van der Waals surface area contributed by atoms with Gasteiger partial charge >= 0.3 is 0 Å². The second kappa shape index (κ2) is 7.50. The number of nitrogens with zero attached hydrogens (tertiary/aromatic N) is 2. The molecule has 15 heavy (non-hydrogen) atoms. The SMILES string of the molecule is C#CCCCC(C#N)(C#N)CCCC#C. The topological polar surface area (TPSA) is 47.6 Å². The average Bonchev–Trinajstić information content (AvgIpc) is 2.28. The van der Waals surface area contributed by atoms with Crippen molar-refractivity contribution >= 4 is 0 Å². The molecule has 0 aliphatic heterocycles. The van der Waals surface area contributed by atoms with E-state index in [-0.39, 0.29) is 0 Å². The monoisotopic (exact) mass is 198 g/mol. The molecule has 0 aliphatic carbocycles. The minimum Gasteiger partial charge on any atom is -0.197 e. The Bertz CT molecular complexity index is 305. The Labute approximate surface area is 91.9 Å². The van der Waals surface area contributed by atoms with Crippen molar-refractivity contribution in [1.29, 1.82) is 10.5 Å². The van der Waals surface area contributed by atoms with Crippen LogP contribution >= 0.6 is 0 Å². The second-order valence-corrected chi connectivity index (χ2v) is 3.42. The zero-order valence-corrected chi connectivity index (χ0v) is 8.79. The third-order valence-corrected chi connectivity index (χ3v) is 2.28. The number of hydrogen-bond acceptors (Lipinski definition) is 2. The molecule has 0 heterocycles. The second-order valence-electron chi connectivity index (χ2n) is 3.42. The van der Waals surface area contributed by atoms with Gasteiger partial charge in [-0.1, -0.05) is 0 Å². The van der Waals surface area contributed by atoms with Gasteiger partial charge in [0.1, 0.15) is 5.41 Å². The molecule has 0 saturated heterocycles. The molecule has 0 bridgehead atoms. The normalized spacial score (nSPS) is 9.33. The molecular weight excluding hydrogens is 184 g/mol. The van der Waals surface area contributed by atoms with Crippen molar-refractivity contribution in [3.63, 3.8) is 0 Å². The first-order chi connectivity index (χ1) is 7.24. The fourth-order valence-electron chi connectivity index (χ4n) is 1.36. The predicted molar refractivity (Wildman–Crippen MR) is 59.0 cm³/mol. The van der Waals surface area contributed by atoms with Gasteiger partial charge in [0, 0.05) is 12.8 Å². The Morgan fingerprint density at radius 3 is 1.53 bits per heavy atom. The van der Waals surface area contributed by atoms with Gasteiger partial charge in [0.05, 0.1) is 12.1 Å². The first-order valence-corrected chi connectivity index (χ1v) is 4.94. The molecule has 0 radical (unpaired) electrons. The first-order valence-electron chi connectivity index (χ1n) is 4.94. The van der Waals surface area contributed by atoms with Gasteiger partial charge in [-0.15, -0.1) is 24.7 Å². The third-order valence-electron chi connectivity index (χ3n) is 2.28. The Kier molecular flexibility index (Phi) is 6.55. The van der Waals surface area contributed by atoms with Crippen LogP contribution in [0.1, 0.15) is 38.5 Å². The summed E-state index contributed by atoms with van der Waals surface area (Å²) in [7, 11) is 0. The van der Waals surface area contributed by atoms with Crippen LogP contribution in [0.4, 0.5) is 0 Å². The molecule has 0 aromatic rings. The van der Waals surface area contributed by atoms with Gasteiger partial charge in [-0.05, 0) is 25.7 Å². The highest BCUT2D eigenvalue weighted by Crippen LogP contribution is 2.29. The maximum absolute atomic E-state index is 9.00. The summed E-state index contributed by atoms with van der Waals surface area (Å²) in [6, 6.07) is 4.17. The number of unbranched alkanes of at least 4 members (excludes halogenated alkanes) is 2. The van der Waals surface area contributed by atoms with Crippen LogP contribution in [0.3, 0.4) is 0 Å². The maximum atomic E-state index is 9.00. The molecule has 0 saturated carbocycles. The van der Waals surface area contributed by atoms with E-state index in [0.29, 0.717) is 38.5 Å². The summed E-state index contributed by atoms with van der Waals surface area (Å²) in [6.07, 6.45) is 14.0. The summed E-state index contributed by atoms with van der Waals surface area (Å²) in [4.78, 5) is 0. The van der Waals surface area contributed by atoms with E-state index in [9.17, 15) is 0 Å². The van der Waals surface area contributed by atoms with Crippen LogP contribution in [0.5, 0.6) is 0 Å². The molecule has 0 aromatic heterocycles. The smallest absolute Gasteiger partial charge is 0.143 e. The lowest BCUT2D eigenvalue weighted by molar-refractivity contribution is 0.417. The number of terminal acetylenes is 2. The van der Waals surface area contributed by atoms with E-state index in [2.05, 4.69) is 24.0 Å². The number of hydrogen-bond donors (Lipinski definition) is 0. The van der Waals surface area contributed by atoms with Crippen molar-refractivity contribution < 1.29 is 0 Å². The summed E-state index contributed by atoms with van der Waals surface area (Å²) in [5, 5.41) is 18.0. The van der Waals surface area contributed by atoms with Crippen molar-refractivity contribution in [1.82, 2.24) is 0 Å². The summed E-state index contributed by atoms with van der Waals surface area (Å²) >= 11 is 0. The maximum Gasteiger partial charge on any atom is 0.143 e. The lowest BCUT2D eigenvalue weighted by atomic mass is 9.81. The molecule has 0 amide bonds.